The van der Waals surface area contributed by atoms with E-state index in [-0.39, 0.29) is 11.5 Å². The third kappa shape index (κ3) is 2.95. The van der Waals surface area contributed by atoms with Crippen LogP contribution >= 0.6 is 0 Å². The maximum absolute atomic E-state index is 12.6. The molecule has 0 unspecified atom stereocenters. The molecular weight excluding hydrogens is 304 g/mol. The van der Waals surface area contributed by atoms with Crippen molar-refractivity contribution in [2.45, 2.75) is 32.1 Å². The van der Waals surface area contributed by atoms with E-state index in [0.717, 1.165) is 19.3 Å². The second-order valence-electron chi connectivity index (χ2n) is 6.09. The van der Waals surface area contributed by atoms with Crippen molar-refractivity contribution in [1.82, 2.24) is 18.6 Å². The van der Waals surface area contributed by atoms with E-state index in [1.54, 1.807) is 4.31 Å². The van der Waals surface area contributed by atoms with Crippen molar-refractivity contribution >= 4 is 10.2 Å². The van der Waals surface area contributed by atoms with Crippen molar-refractivity contribution in [3.8, 4) is 0 Å². The fourth-order valence-corrected chi connectivity index (χ4v) is 4.84. The first kappa shape index (κ1) is 15.6. The Balaban J connectivity index is 1.61. The summed E-state index contributed by atoms with van der Waals surface area (Å²) in [6, 6.07) is 1.36. The van der Waals surface area contributed by atoms with Gasteiger partial charge in [0.05, 0.1) is 0 Å². The minimum Gasteiger partial charge on any atom is -0.310 e. The lowest BCUT2D eigenvalue weighted by Crippen LogP contribution is -2.55. The predicted molar refractivity (Wildman–Crippen MR) is 82.7 cm³/mol. The largest absolute Gasteiger partial charge is 0.310 e. The van der Waals surface area contributed by atoms with Gasteiger partial charge in [0, 0.05) is 44.4 Å². The zero-order chi connectivity index (χ0) is 15.7. The van der Waals surface area contributed by atoms with Gasteiger partial charge in [-0.2, -0.15) is 17.0 Å². The molecule has 0 atom stereocenters. The molecule has 0 saturated carbocycles. The molecule has 2 aliphatic heterocycles. The summed E-state index contributed by atoms with van der Waals surface area (Å²) in [5, 5.41) is 0. The van der Waals surface area contributed by atoms with Crippen molar-refractivity contribution in [3.05, 3.63) is 28.4 Å². The zero-order valence-electron chi connectivity index (χ0n) is 12.7. The molecule has 0 aromatic carbocycles. The zero-order valence-corrected chi connectivity index (χ0v) is 13.6. The second kappa shape index (κ2) is 6.10. The maximum atomic E-state index is 12.6. The second-order valence-corrected chi connectivity index (χ2v) is 8.02. The first-order valence-electron chi connectivity index (χ1n) is 7.81. The fraction of sp³-hybridized carbons (Fsp3) is 0.714. The number of H-pyrrole nitrogens is 1. The van der Waals surface area contributed by atoms with Crippen LogP contribution in [0, 0.1) is 5.92 Å². The van der Waals surface area contributed by atoms with E-state index >= 15 is 0 Å². The van der Waals surface area contributed by atoms with Gasteiger partial charge >= 0.3 is 0 Å². The highest BCUT2D eigenvalue weighted by Crippen LogP contribution is 2.30. The molecule has 0 aliphatic carbocycles. The van der Waals surface area contributed by atoms with E-state index < -0.39 is 10.2 Å². The Kier molecular flexibility index (Phi) is 4.33. The molecule has 3 rings (SSSR count). The molecule has 2 saturated heterocycles. The quantitative estimate of drug-likeness (QED) is 0.875. The summed E-state index contributed by atoms with van der Waals surface area (Å²) in [5.41, 5.74) is -0.201. The smallest absolute Gasteiger partial charge is 0.282 e. The summed E-state index contributed by atoms with van der Waals surface area (Å²) in [4.78, 5) is 18.1. The Morgan fingerprint density at radius 1 is 1.27 bits per heavy atom. The standard InChI is InChI=1S/C14H22N4O3S/c1-2-11-4-7-17(8-5-11)22(20,21)18-9-12(10-18)14-15-6-3-13(19)16-14/h3,6,11-12H,2,4-5,7-10H2,1H3,(H,15,16,19). The molecular formula is C14H22N4O3S. The topological polar surface area (TPSA) is 86.4 Å². The molecule has 0 amide bonds. The third-order valence-corrected chi connectivity index (χ3v) is 6.70. The van der Waals surface area contributed by atoms with E-state index in [0.29, 0.717) is 37.9 Å². The van der Waals surface area contributed by atoms with Crippen LogP contribution in [0.5, 0.6) is 0 Å². The summed E-state index contributed by atoms with van der Waals surface area (Å²) >= 11 is 0. The monoisotopic (exact) mass is 326 g/mol. The van der Waals surface area contributed by atoms with Gasteiger partial charge in [0.2, 0.25) is 0 Å². The number of nitrogens with one attached hydrogen (secondary N) is 1. The van der Waals surface area contributed by atoms with Crippen molar-refractivity contribution in [1.29, 1.82) is 0 Å². The number of piperidine rings is 1. The predicted octanol–water partition coefficient (Wildman–Crippen LogP) is 0.536. The Morgan fingerprint density at radius 2 is 1.95 bits per heavy atom. The molecule has 3 heterocycles. The molecule has 0 spiro atoms. The average molecular weight is 326 g/mol. The lowest BCUT2D eigenvalue weighted by molar-refractivity contribution is 0.208. The highest BCUT2D eigenvalue weighted by Gasteiger charge is 2.41. The van der Waals surface area contributed by atoms with Gasteiger partial charge in [-0.25, -0.2) is 4.98 Å². The first-order valence-corrected chi connectivity index (χ1v) is 9.21. The number of nitrogens with zero attached hydrogens (tertiary/aromatic N) is 3. The van der Waals surface area contributed by atoms with Crippen molar-refractivity contribution < 1.29 is 8.42 Å². The van der Waals surface area contributed by atoms with E-state index in [2.05, 4.69) is 16.9 Å². The Labute approximate surface area is 130 Å². The van der Waals surface area contributed by atoms with E-state index in [4.69, 9.17) is 0 Å². The van der Waals surface area contributed by atoms with Gasteiger partial charge in [-0.1, -0.05) is 13.3 Å². The molecule has 8 heteroatoms. The summed E-state index contributed by atoms with van der Waals surface area (Å²) in [5.74, 6) is 1.20. The Morgan fingerprint density at radius 3 is 2.55 bits per heavy atom. The van der Waals surface area contributed by atoms with Gasteiger partial charge in [0.25, 0.3) is 15.8 Å². The normalized spacial score (nSPS) is 22.6. The van der Waals surface area contributed by atoms with Crippen molar-refractivity contribution in [2.24, 2.45) is 5.92 Å². The summed E-state index contributed by atoms with van der Waals surface area (Å²) in [7, 11) is -3.36. The lowest BCUT2D eigenvalue weighted by Gasteiger charge is -2.41. The van der Waals surface area contributed by atoms with Crippen molar-refractivity contribution in [2.75, 3.05) is 26.2 Å². The van der Waals surface area contributed by atoms with Crippen LogP contribution in [0.25, 0.3) is 0 Å². The molecule has 1 N–H and O–H groups in total. The molecule has 1 aromatic rings. The average Bonchev–Trinajstić information content (AvgIpc) is 2.45. The molecule has 0 bridgehead atoms. The summed E-state index contributed by atoms with van der Waals surface area (Å²) in [6.07, 6.45) is 4.47. The molecule has 1 aromatic heterocycles. The molecule has 2 aliphatic rings. The van der Waals surface area contributed by atoms with Gasteiger partial charge in [0.1, 0.15) is 5.82 Å². The van der Waals surface area contributed by atoms with Gasteiger partial charge in [-0.3, -0.25) is 4.79 Å². The number of aromatic nitrogens is 2. The van der Waals surface area contributed by atoms with Crippen LogP contribution in [-0.2, 0) is 10.2 Å². The summed E-state index contributed by atoms with van der Waals surface area (Å²) < 4.78 is 28.2. The van der Waals surface area contributed by atoms with Crippen LogP contribution in [-0.4, -0.2) is 53.2 Å². The van der Waals surface area contributed by atoms with Crippen LogP contribution in [0.2, 0.25) is 0 Å². The van der Waals surface area contributed by atoms with Crippen LogP contribution in [0.15, 0.2) is 17.1 Å². The minimum absolute atomic E-state index is 0.0168. The molecule has 7 nitrogen and oxygen atoms in total. The van der Waals surface area contributed by atoms with E-state index in [1.165, 1.54) is 16.6 Å². The van der Waals surface area contributed by atoms with Gasteiger partial charge in [-0.15, -0.1) is 0 Å². The van der Waals surface area contributed by atoms with E-state index in [1.807, 2.05) is 0 Å². The van der Waals surface area contributed by atoms with Crippen LogP contribution in [0.1, 0.15) is 37.9 Å². The first-order chi connectivity index (χ1) is 10.5. The fourth-order valence-electron chi connectivity index (χ4n) is 3.10. The minimum atomic E-state index is -3.36. The lowest BCUT2D eigenvalue weighted by atomic mass is 9.96. The SMILES string of the molecule is CCC1CCN(S(=O)(=O)N2CC(c3nccc(=O)[nH]3)C2)CC1. The number of hydrogen-bond donors (Lipinski definition) is 1. The summed E-state index contributed by atoms with van der Waals surface area (Å²) in [6.45, 7) is 4.17. The van der Waals surface area contributed by atoms with Crippen molar-refractivity contribution in [3.63, 3.8) is 0 Å². The van der Waals surface area contributed by atoms with E-state index in [9.17, 15) is 13.2 Å². The number of rotatable bonds is 4. The van der Waals surface area contributed by atoms with Gasteiger partial charge in [-0.05, 0) is 18.8 Å². The third-order valence-electron chi connectivity index (χ3n) is 4.73. The van der Waals surface area contributed by atoms with Gasteiger partial charge in [0.15, 0.2) is 0 Å². The van der Waals surface area contributed by atoms with Crippen LogP contribution in [0.4, 0.5) is 0 Å². The molecule has 22 heavy (non-hydrogen) atoms. The number of aromatic amines is 1. The molecule has 2 fully saturated rings. The van der Waals surface area contributed by atoms with Crippen LogP contribution in [0.3, 0.4) is 0 Å². The number of hydrogen-bond acceptors (Lipinski definition) is 4. The Bertz CT molecular complexity index is 673. The van der Waals surface area contributed by atoms with Gasteiger partial charge < -0.3 is 4.98 Å². The van der Waals surface area contributed by atoms with Crippen LogP contribution < -0.4 is 5.56 Å². The highest BCUT2D eigenvalue weighted by molar-refractivity contribution is 7.86. The maximum Gasteiger partial charge on any atom is 0.282 e. The Hall–Kier alpha value is -1.25. The molecule has 0 radical (unpaired) electrons. The molecule has 122 valence electrons. The highest BCUT2D eigenvalue weighted by atomic mass is 32.2.